The zero-order valence-electron chi connectivity index (χ0n) is 9.49. The van der Waals surface area contributed by atoms with Crippen molar-refractivity contribution in [2.45, 2.75) is 13.5 Å². The minimum Gasteiger partial charge on any atom is -0.345 e. The molecule has 0 aromatic carbocycles. The van der Waals surface area contributed by atoms with Gasteiger partial charge in [0.15, 0.2) is 0 Å². The molecule has 0 bridgehead atoms. The molecule has 0 atom stereocenters. The monoisotopic (exact) mass is 297 g/mol. The predicted octanol–water partition coefficient (Wildman–Crippen LogP) is 1.14. The fraction of sp³-hybridized carbons (Fsp3) is 0.300. The zero-order valence-corrected chi connectivity index (χ0v) is 11.1. The Morgan fingerprint density at radius 2 is 2.41 bits per heavy atom. The van der Waals surface area contributed by atoms with Gasteiger partial charge in [0, 0.05) is 12.7 Å². The zero-order chi connectivity index (χ0) is 12.4. The van der Waals surface area contributed by atoms with Crippen LogP contribution in [-0.2, 0) is 13.6 Å². The molecule has 1 amide bonds. The van der Waals surface area contributed by atoms with E-state index in [-0.39, 0.29) is 5.91 Å². The quantitative estimate of drug-likeness (QED) is 0.892. The molecule has 0 aliphatic rings. The molecule has 2 aromatic rings. The summed E-state index contributed by atoms with van der Waals surface area (Å²) >= 11 is 3.23. The Morgan fingerprint density at radius 3 is 2.94 bits per heavy atom. The Bertz CT molecular complexity index is 525. The van der Waals surface area contributed by atoms with Crippen molar-refractivity contribution in [3.05, 3.63) is 33.8 Å². The fourth-order valence-electron chi connectivity index (χ4n) is 1.41. The number of H-pyrrole nitrogens is 1. The van der Waals surface area contributed by atoms with Crippen LogP contribution < -0.4 is 5.32 Å². The minimum atomic E-state index is -0.210. The Labute approximate surface area is 107 Å². The van der Waals surface area contributed by atoms with Gasteiger partial charge in [0.2, 0.25) is 0 Å². The smallest absolute Gasteiger partial charge is 0.270 e. The highest BCUT2D eigenvalue weighted by Gasteiger charge is 2.12. The van der Waals surface area contributed by atoms with Crippen LogP contribution in [-0.4, -0.2) is 25.9 Å². The van der Waals surface area contributed by atoms with E-state index in [0.717, 1.165) is 11.4 Å². The molecule has 0 saturated heterocycles. The number of aromatic amines is 1. The average molecular weight is 298 g/mol. The van der Waals surface area contributed by atoms with Gasteiger partial charge in [-0.1, -0.05) is 0 Å². The van der Waals surface area contributed by atoms with Gasteiger partial charge in [0.1, 0.15) is 5.69 Å². The van der Waals surface area contributed by atoms with Crippen LogP contribution in [0, 0.1) is 6.92 Å². The number of nitrogens with zero attached hydrogens (tertiary/aromatic N) is 3. The molecule has 0 fully saturated rings. The maximum absolute atomic E-state index is 11.7. The maximum atomic E-state index is 11.7. The lowest BCUT2D eigenvalue weighted by Gasteiger charge is -2.01. The van der Waals surface area contributed by atoms with Crippen molar-refractivity contribution >= 4 is 21.8 Å². The van der Waals surface area contributed by atoms with Gasteiger partial charge in [-0.05, 0) is 28.9 Å². The Morgan fingerprint density at radius 1 is 1.65 bits per heavy atom. The number of carbonyl (C=O) groups is 1. The highest BCUT2D eigenvalue weighted by Crippen LogP contribution is 2.12. The third-order valence-electron chi connectivity index (χ3n) is 2.41. The standard InChI is InChI=1S/C10H12BrN5O/c1-6-3-7(15-16(6)2)4-12-10(17)9-8(11)5-13-14-9/h3,5H,4H2,1-2H3,(H,12,17)(H,13,14). The van der Waals surface area contributed by atoms with Crippen molar-refractivity contribution in [2.75, 3.05) is 0 Å². The summed E-state index contributed by atoms with van der Waals surface area (Å²) in [5, 5.41) is 13.4. The van der Waals surface area contributed by atoms with Crippen molar-refractivity contribution in [1.29, 1.82) is 0 Å². The van der Waals surface area contributed by atoms with E-state index in [9.17, 15) is 4.79 Å². The van der Waals surface area contributed by atoms with Gasteiger partial charge >= 0.3 is 0 Å². The number of hydrogen-bond acceptors (Lipinski definition) is 3. The maximum Gasteiger partial charge on any atom is 0.270 e. The predicted molar refractivity (Wildman–Crippen MR) is 65.4 cm³/mol. The molecule has 17 heavy (non-hydrogen) atoms. The summed E-state index contributed by atoms with van der Waals surface area (Å²) < 4.78 is 2.42. The van der Waals surface area contributed by atoms with Crippen LogP contribution in [0.4, 0.5) is 0 Å². The third-order valence-corrected chi connectivity index (χ3v) is 3.02. The summed E-state index contributed by atoms with van der Waals surface area (Å²) in [5.74, 6) is -0.210. The molecule has 0 aliphatic heterocycles. The lowest BCUT2D eigenvalue weighted by Crippen LogP contribution is -2.23. The lowest BCUT2D eigenvalue weighted by atomic mass is 10.3. The van der Waals surface area contributed by atoms with Gasteiger partial charge in [-0.25, -0.2) is 0 Å². The molecule has 90 valence electrons. The first-order chi connectivity index (χ1) is 8.08. The first-order valence-corrected chi connectivity index (χ1v) is 5.84. The average Bonchev–Trinajstić information content (AvgIpc) is 2.83. The van der Waals surface area contributed by atoms with E-state index in [4.69, 9.17) is 0 Å². The van der Waals surface area contributed by atoms with Gasteiger partial charge in [-0.3, -0.25) is 14.6 Å². The number of carbonyl (C=O) groups excluding carboxylic acids is 1. The van der Waals surface area contributed by atoms with E-state index < -0.39 is 0 Å². The number of aromatic nitrogens is 4. The highest BCUT2D eigenvalue weighted by molar-refractivity contribution is 9.10. The van der Waals surface area contributed by atoms with Gasteiger partial charge in [0.25, 0.3) is 5.91 Å². The molecule has 7 heteroatoms. The van der Waals surface area contributed by atoms with Crippen LogP contribution in [0.5, 0.6) is 0 Å². The molecule has 0 spiro atoms. The van der Waals surface area contributed by atoms with E-state index in [1.54, 1.807) is 10.9 Å². The summed E-state index contributed by atoms with van der Waals surface area (Å²) in [5.41, 5.74) is 2.30. The van der Waals surface area contributed by atoms with Crippen molar-refractivity contribution < 1.29 is 4.79 Å². The summed E-state index contributed by atoms with van der Waals surface area (Å²) in [7, 11) is 1.87. The summed E-state index contributed by atoms with van der Waals surface area (Å²) in [4.78, 5) is 11.7. The van der Waals surface area contributed by atoms with Crippen LogP contribution in [0.15, 0.2) is 16.7 Å². The molecular weight excluding hydrogens is 286 g/mol. The number of amides is 1. The highest BCUT2D eigenvalue weighted by atomic mass is 79.9. The number of nitrogens with one attached hydrogen (secondary N) is 2. The number of aryl methyl sites for hydroxylation is 2. The van der Waals surface area contributed by atoms with Crippen molar-refractivity contribution in [2.24, 2.45) is 7.05 Å². The van der Waals surface area contributed by atoms with Crippen molar-refractivity contribution in [1.82, 2.24) is 25.3 Å². The SMILES string of the molecule is Cc1cc(CNC(=O)c2[nH]ncc2Br)nn1C. The summed E-state index contributed by atoms with van der Waals surface area (Å²) in [6, 6.07) is 1.93. The molecule has 0 unspecified atom stereocenters. The number of rotatable bonds is 3. The molecule has 2 heterocycles. The van der Waals surface area contributed by atoms with Crippen LogP contribution in [0.2, 0.25) is 0 Å². The van der Waals surface area contributed by atoms with E-state index in [1.165, 1.54) is 0 Å². The largest absolute Gasteiger partial charge is 0.345 e. The first-order valence-electron chi connectivity index (χ1n) is 5.04. The Balaban J connectivity index is 1.99. The van der Waals surface area contributed by atoms with E-state index in [0.29, 0.717) is 16.7 Å². The van der Waals surface area contributed by atoms with Crippen molar-refractivity contribution in [3.8, 4) is 0 Å². The lowest BCUT2D eigenvalue weighted by molar-refractivity contribution is 0.0944. The fourth-order valence-corrected chi connectivity index (χ4v) is 1.78. The first kappa shape index (κ1) is 11.8. The molecule has 0 aliphatic carbocycles. The van der Waals surface area contributed by atoms with Crippen LogP contribution in [0.3, 0.4) is 0 Å². The van der Waals surface area contributed by atoms with Crippen LogP contribution in [0.25, 0.3) is 0 Å². The van der Waals surface area contributed by atoms with Gasteiger partial charge in [-0.2, -0.15) is 10.2 Å². The number of hydrogen-bond donors (Lipinski definition) is 2. The van der Waals surface area contributed by atoms with E-state index in [1.807, 2.05) is 20.0 Å². The van der Waals surface area contributed by atoms with Crippen molar-refractivity contribution in [3.63, 3.8) is 0 Å². The molecule has 0 saturated carbocycles. The minimum absolute atomic E-state index is 0.210. The summed E-state index contributed by atoms with van der Waals surface area (Å²) in [6.07, 6.45) is 1.54. The Hall–Kier alpha value is -1.63. The topological polar surface area (TPSA) is 75.6 Å². The molecular formula is C10H12BrN5O. The van der Waals surface area contributed by atoms with Crippen LogP contribution in [0.1, 0.15) is 21.9 Å². The molecule has 6 nitrogen and oxygen atoms in total. The van der Waals surface area contributed by atoms with E-state index >= 15 is 0 Å². The second kappa shape index (κ2) is 4.70. The second-order valence-corrected chi connectivity index (χ2v) is 4.53. The second-order valence-electron chi connectivity index (χ2n) is 3.68. The molecule has 2 rings (SSSR count). The molecule has 0 radical (unpaired) electrons. The van der Waals surface area contributed by atoms with Gasteiger partial charge in [0.05, 0.1) is 22.9 Å². The number of halogens is 1. The summed E-state index contributed by atoms with van der Waals surface area (Å²) in [6.45, 7) is 2.36. The van der Waals surface area contributed by atoms with E-state index in [2.05, 4.69) is 36.5 Å². The normalized spacial score (nSPS) is 10.5. The molecule has 2 N–H and O–H groups in total. The molecule has 2 aromatic heterocycles. The van der Waals surface area contributed by atoms with Gasteiger partial charge in [-0.15, -0.1) is 0 Å². The van der Waals surface area contributed by atoms with Crippen LogP contribution >= 0.6 is 15.9 Å². The third kappa shape index (κ3) is 2.55. The Kier molecular flexibility index (Phi) is 3.28. The van der Waals surface area contributed by atoms with Gasteiger partial charge < -0.3 is 5.32 Å².